The number of ether oxygens (including phenoxy) is 1. The molecule has 43 heavy (non-hydrogen) atoms. The van der Waals surface area contributed by atoms with Crippen molar-refractivity contribution in [3.05, 3.63) is 100 Å². The first-order valence-corrected chi connectivity index (χ1v) is 13.6. The smallest absolute Gasteiger partial charge is 0.513 e. The second kappa shape index (κ2) is 12.0. The molecule has 2 N–H and O–H groups in total. The van der Waals surface area contributed by atoms with Gasteiger partial charge in [-0.25, -0.2) is 4.98 Å². The number of imidazole rings is 1. The molecule has 0 aliphatic carbocycles. The number of fused-ring (bicyclic) bond motifs is 1. The Kier molecular flexibility index (Phi) is 8.38. The molecule has 0 unspecified atom stereocenters. The molecule has 3 aromatic carbocycles. The second-order valence-corrected chi connectivity index (χ2v) is 10.6. The number of hydrogen-bond acceptors (Lipinski definition) is 5. The number of amides is 1. The Morgan fingerprint density at radius 2 is 1.74 bits per heavy atom. The predicted molar refractivity (Wildman–Crippen MR) is 158 cm³/mol. The lowest BCUT2D eigenvalue weighted by Gasteiger charge is -2.09. The molecule has 0 saturated carbocycles. The van der Waals surface area contributed by atoms with Crippen LogP contribution in [0.4, 0.5) is 13.2 Å². The van der Waals surface area contributed by atoms with Crippen LogP contribution in [0.25, 0.3) is 33.8 Å². The zero-order valence-electron chi connectivity index (χ0n) is 22.6. The van der Waals surface area contributed by atoms with Gasteiger partial charge in [-0.05, 0) is 54.1 Å². The summed E-state index contributed by atoms with van der Waals surface area (Å²) in [6.45, 7) is 3.93. The minimum absolute atomic E-state index is 0.0132. The number of carbonyl (C=O) groups is 1. The van der Waals surface area contributed by atoms with Crippen molar-refractivity contribution in [3.63, 3.8) is 0 Å². The summed E-state index contributed by atoms with van der Waals surface area (Å²) < 4.78 is 46.0. The highest BCUT2D eigenvalue weighted by atomic mass is 35.5. The molecule has 5 aromatic rings. The molecular weight excluding hydrogens is 606 g/mol. The van der Waals surface area contributed by atoms with Crippen molar-refractivity contribution in [1.82, 2.24) is 24.6 Å². The molecule has 0 aliphatic rings. The van der Waals surface area contributed by atoms with Gasteiger partial charge in [-0.2, -0.15) is 5.10 Å². The van der Waals surface area contributed by atoms with Gasteiger partial charge in [-0.3, -0.25) is 9.48 Å². The standard InChI is InChI=1S/C30H24Cl2F3N5O3/c1-17(41)9-10-36-29(42)19-5-3-18(4-6-19)16-40-27(15-24(38-40)20-11-21(31)13-22(32)12-20)28-37-25-14-23(43-30(33,34)35)7-8-26(25)39(28)2/h3-8,11-15,41H,1,9-10,16H2,2H3,(H,36,42). The maximum Gasteiger partial charge on any atom is 0.573 e. The molecular formula is C30H24Cl2F3N5O3. The minimum atomic E-state index is -4.83. The first kappa shape index (κ1) is 30.0. The maximum absolute atomic E-state index is 12.8. The number of nitrogens with one attached hydrogen (secondary N) is 1. The maximum atomic E-state index is 12.8. The summed E-state index contributed by atoms with van der Waals surface area (Å²) in [6, 6.07) is 17.7. The average molecular weight is 630 g/mol. The molecule has 0 spiro atoms. The Bertz CT molecular complexity index is 1810. The molecule has 0 aliphatic heterocycles. The number of rotatable bonds is 9. The van der Waals surface area contributed by atoms with Crippen molar-refractivity contribution in [2.24, 2.45) is 7.05 Å². The Labute approximate surface area is 253 Å². The summed E-state index contributed by atoms with van der Waals surface area (Å²) in [5, 5.41) is 17.6. The number of aliphatic hydroxyl groups excluding tert-OH is 1. The van der Waals surface area contributed by atoms with Crippen LogP contribution in [0, 0.1) is 0 Å². The average Bonchev–Trinajstić information content (AvgIpc) is 3.47. The number of aromatic nitrogens is 4. The number of benzene rings is 3. The molecule has 1 amide bonds. The number of halogens is 5. The third-order valence-corrected chi connectivity index (χ3v) is 6.94. The highest BCUT2D eigenvalue weighted by Gasteiger charge is 2.31. The zero-order chi connectivity index (χ0) is 30.9. The van der Waals surface area contributed by atoms with Gasteiger partial charge < -0.3 is 19.7 Å². The molecule has 0 fully saturated rings. The Morgan fingerprint density at radius 1 is 1.05 bits per heavy atom. The van der Waals surface area contributed by atoms with Crippen LogP contribution in [-0.4, -0.2) is 43.3 Å². The Hall–Kier alpha value is -4.48. The van der Waals surface area contributed by atoms with E-state index >= 15 is 0 Å². The van der Waals surface area contributed by atoms with Crippen LogP contribution in [0.5, 0.6) is 5.75 Å². The van der Waals surface area contributed by atoms with E-state index in [0.29, 0.717) is 49.4 Å². The fourth-order valence-electron chi connectivity index (χ4n) is 4.52. The molecule has 5 rings (SSSR count). The highest BCUT2D eigenvalue weighted by molar-refractivity contribution is 6.35. The molecule has 0 saturated heterocycles. The van der Waals surface area contributed by atoms with Crippen LogP contribution in [0.1, 0.15) is 22.3 Å². The van der Waals surface area contributed by atoms with E-state index in [1.165, 1.54) is 18.2 Å². The molecule has 2 aromatic heterocycles. The van der Waals surface area contributed by atoms with E-state index in [0.717, 1.165) is 5.56 Å². The summed E-state index contributed by atoms with van der Waals surface area (Å²) in [5.74, 6) is -0.229. The van der Waals surface area contributed by atoms with Crippen molar-refractivity contribution in [1.29, 1.82) is 0 Å². The number of nitrogens with zero attached hydrogens (tertiary/aromatic N) is 4. The van der Waals surface area contributed by atoms with E-state index in [1.54, 1.807) is 64.8 Å². The van der Waals surface area contributed by atoms with Crippen LogP contribution < -0.4 is 10.1 Å². The van der Waals surface area contributed by atoms with E-state index in [9.17, 15) is 23.1 Å². The fourth-order valence-corrected chi connectivity index (χ4v) is 5.05. The van der Waals surface area contributed by atoms with E-state index < -0.39 is 6.36 Å². The number of hydrogen-bond donors (Lipinski definition) is 2. The lowest BCUT2D eigenvalue weighted by atomic mass is 10.1. The van der Waals surface area contributed by atoms with Crippen LogP contribution in [0.3, 0.4) is 0 Å². The summed E-state index contributed by atoms with van der Waals surface area (Å²) >= 11 is 12.5. The normalized spacial score (nSPS) is 11.6. The van der Waals surface area contributed by atoms with Crippen molar-refractivity contribution in [2.45, 2.75) is 19.3 Å². The zero-order valence-corrected chi connectivity index (χ0v) is 24.1. The Morgan fingerprint density at radius 3 is 2.40 bits per heavy atom. The van der Waals surface area contributed by atoms with Gasteiger partial charge in [0.15, 0.2) is 5.82 Å². The lowest BCUT2D eigenvalue weighted by Crippen LogP contribution is -2.24. The molecule has 0 radical (unpaired) electrons. The van der Waals surface area contributed by atoms with Gasteiger partial charge in [0, 0.05) is 47.3 Å². The minimum Gasteiger partial charge on any atom is -0.513 e. The van der Waals surface area contributed by atoms with E-state index in [1.807, 2.05) is 0 Å². The lowest BCUT2D eigenvalue weighted by molar-refractivity contribution is -0.274. The van der Waals surface area contributed by atoms with Crippen LogP contribution in [-0.2, 0) is 13.6 Å². The van der Waals surface area contributed by atoms with Gasteiger partial charge in [0.1, 0.15) is 11.4 Å². The molecule has 2 heterocycles. The number of aryl methyl sites for hydroxylation is 1. The summed E-state index contributed by atoms with van der Waals surface area (Å²) in [4.78, 5) is 17.1. The first-order chi connectivity index (χ1) is 20.4. The summed E-state index contributed by atoms with van der Waals surface area (Å²) in [7, 11) is 1.75. The van der Waals surface area contributed by atoms with Crippen molar-refractivity contribution < 1.29 is 27.8 Å². The van der Waals surface area contributed by atoms with Crippen molar-refractivity contribution in [2.75, 3.05) is 6.54 Å². The monoisotopic (exact) mass is 629 g/mol. The number of carbonyl (C=O) groups excluding carboxylic acids is 1. The van der Waals surface area contributed by atoms with Crippen LogP contribution >= 0.6 is 23.2 Å². The SMILES string of the molecule is C=C(O)CCNC(=O)c1ccc(Cn2nc(-c3cc(Cl)cc(Cl)c3)cc2-c2nc3cc(OC(F)(F)F)ccc3n2C)cc1. The first-order valence-electron chi connectivity index (χ1n) is 12.9. The van der Waals surface area contributed by atoms with Gasteiger partial charge in [-0.1, -0.05) is 41.9 Å². The highest BCUT2D eigenvalue weighted by Crippen LogP contribution is 2.33. The van der Waals surface area contributed by atoms with Gasteiger partial charge in [0.2, 0.25) is 0 Å². The predicted octanol–water partition coefficient (Wildman–Crippen LogP) is 7.55. The second-order valence-electron chi connectivity index (χ2n) is 9.69. The molecule has 222 valence electrons. The number of aliphatic hydroxyl groups is 1. The molecule has 0 bridgehead atoms. The summed E-state index contributed by atoms with van der Waals surface area (Å²) in [5.41, 5.74) is 3.94. The van der Waals surface area contributed by atoms with Gasteiger partial charge in [0.25, 0.3) is 5.91 Å². The number of alkyl halides is 3. The van der Waals surface area contributed by atoms with Crippen molar-refractivity contribution in [3.8, 4) is 28.5 Å². The van der Waals surface area contributed by atoms with E-state index in [-0.39, 0.29) is 36.9 Å². The van der Waals surface area contributed by atoms with Crippen molar-refractivity contribution >= 4 is 40.1 Å². The molecule has 13 heteroatoms. The topological polar surface area (TPSA) is 94.2 Å². The van der Waals surface area contributed by atoms with E-state index in [2.05, 4.69) is 21.6 Å². The Balaban J connectivity index is 1.51. The quantitative estimate of drug-likeness (QED) is 0.164. The molecule has 0 atom stereocenters. The third kappa shape index (κ3) is 7.12. The fraction of sp³-hybridized carbons (Fsp3) is 0.167. The van der Waals surface area contributed by atoms with Crippen LogP contribution in [0.2, 0.25) is 10.0 Å². The van der Waals surface area contributed by atoms with Crippen LogP contribution in [0.15, 0.2) is 79.1 Å². The van der Waals surface area contributed by atoms with Gasteiger partial charge in [0.05, 0.1) is 29.0 Å². The third-order valence-electron chi connectivity index (χ3n) is 6.50. The van der Waals surface area contributed by atoms with Gasteiger partial charge >= 0.3 is 6.36 Å². The van der Waals surface area contributed by atoms with Gasteiger partial charge in [-0.15, -0.1) is 13.2 Å². The van der Waals surface area contributed by atoms with E-state index in [4.69, 9.17) is 28.3 Å². The molecule has 8 nitrogen and oxygen atoms in total. The largest absolute Gasteiger partial charge is 0.573 e. The summed E-state index contributed by atoms with van der Waals surface area (Å²) in [6.07, 6.45) is -4.58.